The van der Waals surface area contributed by atoms with Crippen molar-refractivity contribution < 1.29 is 9.84 Å². The van der Waals surface area contributed by atoms with Crippen LogP contribution in [0.25, 0.3) is 22.6 Å². The number of hydrogen-bond acceptors (Lipinski definition) is 5. The number of H-pyrrole nitrogens is 1. The standard InChI is InChI=1S/C20H23BrN4O2/c21-14-11-17-20(23-12-14)25-19(24-17)13-5-7-15(8-6-13)27-10-9-22-16-3-1-2-4-18(16)26/h5-8,11-12,16,18,22,26H,1-4,9-10H2,(H,23,24,25)/t16-,18+/m1/s1. The molecule has 0 aliphatic heterocycles. The van der Waals surface area contributed by atoms with E-state index in [9.17, 15) is 5.11 Å². The van der Waals surface area contributed by atoms with Gasteiger partial charge in [-0.05, 0) is 59.1 Å². The van der Waals surface area contributed by atoms with Crippen molar-refractivity contribution in [1.29, 1.82) is 0 Å². The predicted molar refractivity (Wildman–Crippen MR) is 109 cm³/mol. The molecule has 1 saturated carbocycles. The quantitative estimate of drug-likeness (QED) is 0.519. The molecular weight excluding hydrogens is 408 g/mol. The van der Waals surface area contributed by atoms with Gasteiger partial charge in [-0.15, -0.1) is 0 Å². The molecule has 1 aliphatic rings. The molecule has 7 heteroatoms. The summed E-state index contributed by atoms with van der Waals surface area (Å²) in [7, 11) is 0. The zero-order valence-electron chi connectivity index (χ0n) is 15.0. The number of benzene rings is 1. The molecule has 6 nitrogen and oxygen atoms in total. The highest BCUT2D eigenvalue weighted by Gasteiger charge is 2.21. The minimum absolute atomic E-state index is 0.200. The number of halogens is 1. The lowest BCUT2D eigenvalue weighted by atomic mass is 9.93. The van der Waals surface area contributed by atoms with Crippen LogP contribution in [0.15, 0.2) is 41.0 Å². The molecule has 2 heterocycles. The molecule has 2 atom stereocenters. The van der Waals surface area contributed by atoms with Crippen molar-refractivity contribution in [1.82, 2.24) is 20.3 Å². The fourth-order valence-corrected chi connectivity index (χ4v) is 3.80. The number of pyridine rings is 1. The number of hydrogen-bond donors (Lipinski definition) is 3. The lowest BCUT2D eigenvalue weighted by Crippen LogP contribution is -2.43. The largest absolute Gasteiger partial charge is 0.492 e. The zero-order chi connectivity index (χ0) is 18.6. The maximum atomic E-state index is 9.97. The van der Waals surface area contributed by atoms with Crippen molar-refractivity contribution in [3.63, 3.8) is 0 Å². The number of aromatic amines is 1. The van der Waals surface area contributed by atoms with Crippen molar-refractivity contribution in [3.05, 3.63) is 41.0 Å². The second-order valence-corrected chi connectivity index (χ2v) is 7.81. The number of rotatable bonds is 6. The Kier molecular flexibility index (Phi) is 5.71. The summed E-state index contributed by atoms with van der Waals surface area (Å²) in [6.07, 6.45) is 5.78. The SMILES string of the molecule is O[C@H]1CCCC[C@H]1NCCOc1ccc(-c2nc3cc(Br)cnc3[nH]2)cc1. The molecule has 0 bridgehead atoms. The number of aliphatic hydroxyl groups is 1. The molecule has 0 spiro atoms. The Labute approximate surface area is 166 Å². The average Bonchev–Trinajstić information content (AvgIpc) is 3.10. The molecule has 0 unspecified atom stereocenters. The van der Waals surface area contributed by atoms with Gasteiger partial charge in [0.2, 0.25) is 0 Å². The van der Waals surface area contributed by atoms with Crippen LogP contribution in [0.5, 0.6) is 5.75 Å². The van der Waals surface area contributed by atoms with E-state index < -0.39 is 0 Å². The van der Waals surface area contributed by atoms with Crippen molar-refractivity contribution in [2.75, 3.05) is 13.2 Å². The van der Waals surface area contributed by atoms with Crippen LogP contribution in [-0.2, 0) is 0 Å². The van der Waals surface area contributed by atoms with Crippen LogP contribution in [0.1, 0.15) is 25.7 Å². The normalized spacial score (nSPS) is 20.1. The second kappa shape index (κ2) is 8.37. The first-order chi connectivity index (χ1) is 13.2. The number of nitrogens with one attached hydrogen (secondary N) is 2. The Morgan fingerprint density at radius 2 is 2.04 bits per heavy atom. The molecule has 0 saturated heterocycles. The molecule has 27 heavy (non-hydrogen) atoms. The van der Waals surface area contributed by atoms with E-state index in [1.165, 1.54) is 6.42 Å². The first kappa shape index (κ1) is 18.4. The minimum Gasteiger partial charge on any atom is -0.492 e. The van der Waals surface area contributed by atoms with E-state index in [-0.39, 0.29) is 12.1 Å². The molecule has 142 valence electrons. The van der Waals surface area contributed by atoms with Crippen LogP contribution >= 0.6 is 15.9 Å². The van der Waals surface area contributed by atoms with E-state index in [2.05, 4.69) is 36.2 Å². The van der Waals surface area contributed by atoms with E-state index in [4.69, 9.17) is 4.74 Å². The summed E-state index contributed by atoms with van der Waals surface area (Å²) in [6.45, 7) is 1.30. The average molecular weight is 431 g/mol. The number of imidazole rings is 1. The van der Waals surface area contributed by atoms with Gasteiger partial charge >= 0.3 is 0 Å². The van der Waals surface area contributed by atoms with E-state index in [0.29, 0.717) is 6.61 Å². The molecule has 1 aliphatic carbocycles. The number of aromatic nitrogens is 3. The smallest absolute Gasteiger partial charge is 0.157 e. The van der Waals surface area contributed by atoms with Crippen LogP contribution in [0.2, 0.25) is 0 Å². The van der Waals surface area contributed by atoms with Crippen LogP contribution < -0.4 is 10.1 Å². The number of fused-ring (bicyclic) bond motifs is 1. The highest BCUT2D eigenvalue weighted by atomic mass is 79.9. The Hall–Kier alpha value is -1.96. The van der Waals surface area contributed by atoms with Gasteiger partial charge in [-0.25, -0.2) is 9.97 Å². The van der Waals surface area contributed by atoms with E-state index in [1.807, 2.05) is 30.3 Å². The van der Waals surface area contributed by atoms with Gasteiger partial charge in [0.1, 0.15) is 23.7 Å². The van der Waals surface area contributed by atoms with Crippen LogP contribution in [0, 0.1) is 0 Å². The maximum absolute atomic E-state index is 9.97. The third kappa shape index (κ3) is 4.48. The van der Waals surface area contributed by atoms with E-state index in [0.717, 1.165) is 58.6 Å². The summed E-state index contributed by atoms with van der Waals surface area (Å²) in [5, 5.41) is 13.4. The highest BCUT2D eigenvalue weighted by molar-refractivity contribution is 9.10. The third-order valence-electron chi connectivity index (χ3n) is 4.94. The topological polar surface area (TPSA) is 83.1 Å². The van der Waals surface area contributed by atoms with Gasteiger partial charge in [0.05, 0.1) is 6.10 Å². The van der Waals surface area contributed by atoms with Crippen molar-refractivity contribution >= 4 is 27.1 Å². The Morgan fingerprint density at radius 1 is 1.22 bits per heavy atom. The zero-order valence-corrected chi connectivity index (χ0v) is 16.6. The van der Waals surface area contributed by atoms with Crippen molar-refractivity contribution in [2.45, 2.75) is 37.8 Å². The van der Waals surface area contributed by atoms with Crippen molar-refractivity contribution in [3.8, 4) is 17.1 Å². The molecule has 0 amide bonds. The molecule has 1 fully saturated rings. The third-order valence-corrected chi connectivity index (χ3v) is 5.37. The van der Waals surface area contributed by atoms with Gasteiger partial charge < -0.3 is 20.1 Å². The number of nitrogens with zero attached hydrogens (tertiary/aromatic N) is 2. The minimum atomic E-state index is -0.225. The molecule has 3 aromatic rings. The fraction of sp³-hybridized carbons (Fsp3) is 0.400. The van der Waals surface area contributed by atoms with Crippen LogP contribution in [0.3, 0.4) is 0 Å². The summed E-state index contributed by atoms with van der Waals surface area (Å²) in [5.74, 6) is 1.61. The molecular formula is C20H23BrN4O2. The van der Waals surface area contributed by atoms with E-state index in [1.54, 1.807) is 6.20 Å². The summed E-state index contributed by atoms with van der Waals surface area (Å²) in [4.78, 5) is 12.1. The first-order valence-corrected chi connectivity index (χ1v) is 10.1. The summed E-state index contributed by atoms with van der Waals surface area (Å²) in [6, 6.07) is 10.0. The Balaban J connectivity index is 1.31. The monoisotopic (exact) mass is 430 g/mol. The lowest BCUT2D eigenvalue weighted by molar-refractivity contribution is 0.0890. The van der Waals surface area contributed by atoms with Gasteiger partial charge in [0.15, 0.2) is 5.65 Å². The summed E-state index contributed by atoms with van der Waals surface area (Å²) in [5.41, 5.74) is 2.58. The molecule has 4 rings (SSSR count). The van der Waals surface area contributed by atoms with Gasteiger partial charge in [-0.1, -0.05) is 12.8 Å². The second-order valence-electron chi connectivity index (χ2n) is 6.89. The molecule has 0 radical (unpaired) electrons. The summed E-state index contributed by atoms with van der Waals surface area (Å²) >= 11 is 3.41. The van der Waals surface area contributed by atoms with Crippen molar-refractivity contribution in [2.24, 2.45) is 0 Å². The number of aliphatic hydroxyl groups excluding tert-OH is 1. The van der Waals surface area contributed by atoms with Crippen LogP contribution in [-0.4, -0.2) is 45.4 Å². The fourth-order valence-electron chi connectivity index (χ4n) is 3.48. The van der Waals surface area contributed by atoms with Crippen LogP contribution in [0.4, 0.5) is 0 Å². The maximum Gasteiger partial charge on any atom is 0.157 e. The van der Waals surface area contributed by atoms with Gasteiger partial charge in [-0.2, -0.15) is 0 Å². The lowest BCUT2D eigenvalue weighted by Gasteiger charge is -2.28. The first-order valence-electron chi connectivity index (χ1n) is 9.35. The predicted octanol–water partition coefficient (Wildman–Crippen LogP) is 3.66. The summed E-state index contributed by atoms with van der Waals surface area (Å²) < 4.78 is 6.71. The van der Waals surface area contributed by atoms with Gasteiger partial charge in [0, 0.05) is 28.8 Å². The number of ether oxygens (including phenoxy) is 1. The van der Waals surface area contributed by atoms with E-state index >= 15 is 0 Å². The van der Waals surface area contributed by atoms with Gasteiger partial charge in [0.25, 0.3) is 0 Å². The molecule has 1 aromatic carbocycles. The molecule has 3 N–H and O–H groups in total. The highest BCUT2D eigenvalue weighted by Crippen LogP contribution is 2.23. The Morgan fingerprint density at radius 3 is 2.85 bits per heavy atom. The van der Waals surface area contributed by atoms with Gasteiger partial charge in [-0.3, -0.25) is 0 Å². The molecule has 2 aromatic heterocycles. The Bertz CT molecular complexity index is 897.